The van der Waals surface area contributed by atoms with Crippen molar-refractivity contribution in [1.82, 2.24) is 20.2 Å². The van der Waals surface area contributed by atoms with Gasteiger partial charge in [-0.25, -0.2) is 4.98 Å². The highest BCUT2D eigenvalue weighted by Gasteiger charge is 2.21. The molecule has 1 atom stereocenters. The maximum atomic E-state index is 12.8. The van der Waals surface area contributed by atoms with Gasteiger partial charge in [0.05, 0.1) is 24.4 Å². The minimum Gasteiger partial charge on any atom is -0.376 e. The summed E-state index contributed by atoms with van der Waals surface area (Å²) in [4.78, 5) is 43.3. The van der Waals surface area contributed by atoms with E-state index in [1.165, 1.54) is 15.8 Å². The molecule has 0 bridgehead atoms. The van der Waals surface area contributed by atoms with Crippen molar-refractivity contribution >= 4 is 33.4 Å². The van der Waals surface area contributed by atoms with Crippen molar-refractivity contribution in [2.45, 2.75) is 51.2 Å². The zero-order valence-corrected chi connectivity index (χ0v) is 16.5. The number of hydrogen-bond donors (Lipinski definition) is 2. The molecule has 1 saturated heterocycles. The molecule has 3 heterocycles. The highest BCUT2D eigenvalue weighted by molar-refractivity contribution is 7.18. The van der Waals surface area contributed by atoms with Crippen molar-refractivity contribution in [2.75, 3.05) is 19.7 Å². The second-order valence-corrected chi connectivity index (χ2v) is 8.37. The third-order valence-corrected chi connectivity index (χ3v) is 6.45. The Morgan fingerprint density at radius 3 is 2.89 bits per heavy atom. The summed E-state index contributed by atoms with van der Waals surface area (Å²) in [7, 11) is 0. The maximum absolute atomic E-state index is 12.8. The number of thiophene rings is 1. The molecular weight excluding hydrogens is 380 g/mol. The predicted molar refractivity (Wildman–Crippen MR) is 106 cm³/mol. The van der Waals surface area contributed by atoms with E-state index in [0.29, 0.717) is 11.9 Å². The summed E-state index contributed by atoms with van der Waals surface area (Å²) in [5, 5.41) is 5.97. The largest absolute Gasteiger partial charge is 0.376 e. The second-order valence-electron chi connectivity index (χ2n) is 7.28. The van der Waals surface area contributed by atoms with Crippen molar-refractivity contribution in [1.29, 1.82) is 0 Å². The molecule has 9 heteroatoms. The summed E-state index contributed by atoms with van der Waals surface area (Å²) in [5.41, 5.74) is 0.925. The van der Waals surface area contributed by atoms with E-state index in [1.54, 1.807) is 11.3 Å². The van der Waals surface area contributed by atoms with E-state index in [-0.39, 0.29) is 36.6 Å². The first-order valence-electron chi connectivity index (χ1n) is 9.76. The average Bonchev–Trinajstić information content (AvgIpc) is 3.34. The van der Waals surface area contributed by atoms with Crippen LogP contribution in [0.4, 0.5) is 0 Å². The fourth-order valence-electron chi connectivity index (χ4n) is 3.78. The molecule has 2 aromatic heterocycles. The molecule has 4 rings (SSSR count). The van der Waals surface area contributed by atoms with Crippen molar-refractivity contribution < 1.29 is 14.3 Å². The highest BCUT2D eigenvalue weighted by atomic mass is 32.1. The molecule has 0 aromatic carbocycles. The Bertz CT molecular complexity index is 945. The van der Waals surface area contributed by atoms with Crippen LogP contribution in [0.15, 0.2) is 11.1 Å². The Morgan fingerprint density at radius 1 is 1.21 bits per heavy atom. The summed E-state index contributed by atoms with van der Waals surface area (Å²) < 4.78 is 6.77. The zero-order valence-electron chi connectivity index (χ0n) is 15.7. The van der Waals surface area contributed by atoms with Crippen molar-refractivity contribution in [2.24, 2.45) is 0 Å². The van der Waals surface area contributed by atoms with Gasteiger partial charge in [-0.3, -0.25) is 19.0 Å². The first-order chi connectivity index (χ1) is 13.6. The molecule has 2 aliphatic rings. The quantitative estimate of drug-likeness (QED) is 0.740. The number of amides is 2. The normalized spacial score (nSPS) is 18.8. The lowest BCUT2D eigenvalue weighted by Gasteiger charge is -2.12. The number of carbonyl (C=O) groups is 2. The predicted octanol–water partition coefficient (Wildman–Crippen LogP) is 0.748. The third kappa shape index (κ3) is 4.10. The van der Waals surface area contributed by atoms with Gasteiger partial charge in [0.25, 0.3) is 5.56 Å². The van der Waals surface area contributed by atoms with Crippen molar-refractivity contribution in [3.05, 3.63) is 27.1 Å². The Morgan fingerprint density at radius 2 is 2.07 bits per heavy atom. The standard InChI is InChI=1S/C19H24N4O4S/c24-15(20-8-12-4-3-7-27-12)9-21-16(25)10-23-11-22-18-17(19(23)26)13-5-1-2-6-14(13)28-18/h11-12H,1-10H2,(H,20,24)(H,21,25)/t12-/m0/s1. The number of hydrogen-bond acceptors (Lipinski definition) is 6. The van der Waals surface area contributed by atoms with Crippen LogP contribution in [0.3, 0.4) is 0 Å². The number of carbonyl (C=O) groups excluding carboxylic acids is 2. The summed E-state index contributed by atoms with van der Waals surface area (Å²) in [5.74, 6) is -0.656. The van der Waals surface area contributed by atoms with Gasteiger partial charge in [0.1, 0.15) is 11.4 Å². The Balaban J connectivity index is 1.35. The Labute approximate surface area is 166 Å². The SMILES string of the molecule is O=C(CNC(=O)Cn1cnc2sc3c(c2c1=O)CCCC3)NC[C@@H]1CCCO1. The van der Waals surface area contributed by atoms with Gasteiger partial charge in [-0.05, 0) is 44.1 Å². The molecule has 0 spiro atoms. The molecule has 0 radical (unpaired) electrons. The highest BCUT2D eigenvalue weighted by Crippen LogP contribution is 2.33. The van der Waals surface area contributed by atoms with E-state index >= 15 is 0 Å². The van der Waals surface area contributed by atoms with E-state index in [1.807, 2.05) is 0 Å². The van der Waals surface area contributed by atoms with Gasteiger partial charge in [-0.15, -0.1) is 11.3 Å². The Kier molecular flexibility index (Phi) is 5.72. The third-order valence-electron chi connectivity index (χ3n) is 5.25. The lowest BCUT2D eigenvalue weighted by Crippen LogP contribution is -2.41. The Hall–Kier alpha value is -2.26. The fourth-order valence-corrected chi connectivity index (χ4v) is 5.00. The van der Waals surface area contributed by atoms with Crippen molar-refractivity contribution in [3.63, 3.8) is 0 Å². The van der Waals surface area contributed by atoms with E-state index in [0.717, 1.165) is 55.5 Å². The van der Waals surface area contributed by atoms with E-state index in [9.17, 15) is 14.4 Å². The summed E-state index contributed by atoms with van der Waals surface area (Å²) in [6, 6.07) is 0. The summed E-state index contributed by atoms with van der Waals surface area (Å²) in [6.45, 7) is 0.922. The molecule has 2 N–H and O–H groups in total. The van der Waals surface area contributed by atoms with E-state index < -0.39 is 0 Å². The van der Waals surface area contributed by atoms with Gasteiger partial charge in [-0.1, -0.05) is 0 Å². The molecule has 2 amide bonds. The molecule has 1 aliphatic carbocycles. The minimum absolute atomic E-state index is 0.0626. The molecule has 1 aliphatic heterocycles. The van der Waals surface area contributed by atoms with Crippen LogP contribution in [0.25, 0.3) is 10.2 Å². The van der Waals surface area contributed by atoms with Crippen LogP contribution in [0.1, 0.15) is 36.1 Å². The van der Waals surface area contributed by atoms with Crippen LogP contribution in [0.2, 0.25) is 0 Å². The molecule has 150 valence electrons. The lowest BCUT2D eigenvalue weighted by atomic mass is 9.97. The zero-order chi connectivity index (χ0) is 19.5. The van der Waals surface area contributed by atoms with Crippen LogP contribution in [-0.2, 0) is 33.7 Å². The van der Waals surface area contributed by atoms with Crippen LogP contribution >= 0.6 is 11.3 Å². The van der Waals surface area contributed by atoms with Gasteiger partial charge in [0.2, 0.25) is 11.8 Å². The second kappa shape index (κ2) is 8.40. The van der Waals surface area contributed by atoms with Crippen molar-refractivity contribution in [3.8, 4) is 0 Å². The number of aryl methyl sites for hydroxylation is 2. The number of nitrogens with zero attached hydrogens (tertiary/aromatic N) is 2. The molecular formula is C19H24N4O4S. The van der Waals surface area contributed by atoms with Crippen LogP contribution in [0, 0.1) is 0 Å². The van der Waals surface area contributed by atoms with Gasteiger partial charge < -0.3 is 15.4 Å². The smallest absolute Gasteiger partial charge is 0.262 e. The summed E-state index contributed by atoms with van der Waals surface area (Å²) >= 11 is 1.58. The van der Waals surface area contributed by atoms with Gasteiger partial charge in [-0.2, -0.15) is 0 Å². The number of fused-ring (bicyclic) bond motifs is 3. The molecule has 1 fully saturated rings. The number of aromatic nitrogens is 2. The maximum Gasteiger partial charge on any atom is 0.262 e. The number of nitrogens with one attached hydrogen (secondary N) is 2. The molecule has 28 heavy (non-hydrogen) atoms. The number of ether oxygens (including phenoxy) is 1. The topological polar surface area (TPSA) is 102 Å². The molecule has 2 aromatic rings. The van der Waals surface area contributed by atoms with E-state index in [4.69, 9.17) is 4.74 Å². The molecule has 8 nitrogen and oxygen atoms in total. The fraction of sp³-hybridized carbons (Fsp3) is 0.579. The van der Waals surface area contributed by atoms with Crippen LogP contribution in [0.5, 0.6) is 0 Å². The molecule has 0 saturated carbocycles. The van der Waals surface area contributed by atoms with Gasteiger partial charge in [0.15, 0.2) is 0 Å². The summed E-state index contributed by atoms with van der Waals surface area (Å²) in [6.07, 6.45) is 7.55. The van der Waals surface area contributed by atoms with Gasteiger partial charge >= 0.3 is 0 Å². The molecule has 0 unspecified atom stereocenters. The first-order valence-corrected chi connectivity index (χ1v) is 10.6. The monoisotopic (exact) mass is 404 g/mol. The number of rotatable bonds is 6. The minimum atomic E-state index is -0.389. The lowest BCUT2D eigenvalue weighted by molar-refractivity contribution is -0.126. The first kappa shape index (κ1) is 19.1. The van der Waals surface area contributed by atoms with E-state index in [2.05, 4.69) is 15.6 Å². The van der Waals surface area contributed by atoms with Gasteiger partial charge in [0, 0.05) is 18.0 Å². The average molecular weight is 404 g/mol. The van der Waals surface area contributed by atoms with Crippen LogP contribution in [-0.4, -0.2) is 47.2 Å². The van der Waals surface area contributed by atoms with Crippen LogP contribution < -0.4 is 16.2 Å².